The highest BCUT2D eigenvalue weighted by Gasteiger charge is 2.08. The third-order valence-corrected chi connectivity index (χ3v) is 3.61. The summed E-state index contributed by atoms with van der Waals surface area (Å²) in [6, 6.07) is 5.94. The maximum absolute atomic E-state index is 8.65. The summed E-state index contributed by atoms with van der Waals surface area (Å²) in [4.78, 5) is 9.05. The number of nitriles is 1. The van der Waals surface area contributed by atoms with Gasteiger partial charge in [0.05, 0.1) is 16.7 Å². The minimum absolute atomic E-state index is 0.581. The second-order valence-corrected chi connectivity index (χ2v) is 4.95. The number of benzene rings is 1. The molecule has 0 bridgehead atoms. The number of aromatic nitrogens is 2. The Morgan fingerprint density at radius 2 is 2.30 bits per heavy atom. The lowest BCUT2D eigenvalue weighted by Gasteiger charge is -2.03. The molecule has 0 amide bonds. The number of amidine groups is 1. The first-order chi connectivity index (χ1) is 9.73. The van der Waals surface area contributed by atoms with Crippen LogP contribution in [-0.2, 0) is 13.0 Å². The molecule has 6 heteroatoms. The number of aliphatic imine (C=N–C) groups is 1. The Bertz CT molecular complexity index is 681. The van der Waals surface area contributed by atoms with E-state index in [-0.39, 0.29) is 0 Å². The molecular formula is C14H17N5S. The molecule has 0 aliphatic heterocycles. The van der Waals surface area contributed by atoms with Crippen molar-refractivity contribution in [3.05, 3.63) is 24.0 Å². The van der Waals surface area contributed by atoms with Crippen LogP contribution in [0.2, 0.25) is 0 Å². The fraction of sp³-hybridized carbons (Fsp3) is 0.357. The molecule has 104 valence electrons. The molecule has 0 saturated carbocycles. The van der Waals surface area contributed by atoms with Crippen molar-refractivity contribution in [2.45, 2.75) is 26.8 Å². The van der Waals surface area contributed by atoms with Gasteiger partial charge in [0.25, 0.3) is 0 Å². The van der Waals surface area contributed by atoms with E-state index < -0.39 is 0 Å². The molecule has 2 aromatic rings. The van der Waals surface area contributed by atoms with Crippen LogP contribution in [0.25, 0.3) is 11.0 Å². The molecule has 0 radical (unpaired) electrons. The largest absolute Gasteiger partial charge is 0.328 e. The van der Waals surface area contributed by atoms with Gasteiger partial charge in [-0.1, -0.05) is 18.7 Å². The van der Waals surface area contributed by atoms with Crippen molar-refractivity contribution in [1.29, 1.82) is 5.26 Å². The van der Waals surface area contributed by atoms with E-state index in [9.17, 15) is 0 Å². The van der Waals surface area contributed by atoms with Crippen molar-refractivity contribution < 1.29 is 0 Å². The highest BCUT2D eigenvalue weighted by atomic mass is 32.2. The molecule has 0 saturated heterocycles. The van der Waals surface area contributed by atoms with Crippen LogP contribution < -0.4 is 5.32 Å². The molecule has 20 heavy (non-hydrogen) atoms. The van der Waals surface area contributed by atoms with Gasteiger partial charge in [-0.15, -0.1) is 0 Å². The van der Waals surface area contributed by atoms with Crippen LogP contribution in [-0.4, -0.2) is 21.0 Å². The zero-order valence-corrected chi connectivity index (χ0v) is 12.7. The van der Waals surface area contributed by atoms with E-state index in [1.54, 1.807) is 0 Å². The number of thioether (sulfide) groups is 1. The summed E-state index contributed by atoms with van der Waals surface area (Å²) in [6.45, 7) is 5.14. The van der Waals surface area contributed by atoms with E-state index in [1.165, 1.54) is 11.8 Å². The number of imidazole rings is 1. The minimum Gasteiger partial charge on any atom is -0.328 e. The van der Waals surface area contributed by atoms with E-state index in [0.717, 1.165) is 35.5 Å². The Kier molecular flexibility index (Phi) is 4.64. The first-order valence-corrected chi connectivity index (χ1v) is 7.72. The number of rotatable bonds is 3. The number of hydrogen-bond donors (Lipinski definition) is 1. The second kappa shape index (κ2) is 6.44. The first-order valence-electron chi connectivity index (χ1n) is 6.50. The summed E-state index contributed by atoms with van der Waals surface area (Å²) in [7, 11) is 0. The van der Waals surface area contributed by atoms with Gasteiger partial charge in [0.15, 0.2) is 11.4 Å². The average molecular weight is 287 g/mol. The highest BCUT2D eigenvalue weighted by molar-refractivity contribution is 8.13. The summed E-state index contributed by atoms with van der Waals surface area (Å²) in [5.41, 5.74) is 2.87. The van der Waals surface area contributed by atoms with Crippen molar-refractivity contribution in [2.24, 2.45) is 4.99 Å². The first kappa shape index (κ1) is 14.4. The summed E-state index contributed by atoms with van der Waals surface area (Å²) in [6.07, 6.45) is 4.67. The van der Waals surface area contributed by atoms with Crippen molar-refractivity contribution in [3.8, 4) is 6.19 Å². The van der Waals surface area contributed by atoms with Gasteiger partial charge in [-0.25, -0.2) is 9.98 Å². The van der Waals surface area contributed by atoms with Gasteiger partial charge >= 0.3 is 0 Å². The Labute approximate surface area is 122 Å². The Morgan fingerprint density at radius 1 is 1.50 bits per heavy atom. The predicted molar refractivity (Wildman–Crippen MR) is 84.1 cm³/mol. The Hall–Kier alpha value is -2.00. The molecule has 0 atom stereocenters. The molecule has 0 unspecified atom stereocenters. The number of fused-ring (bicyclic) bond motifs is 1. The lowest BCUT2D eigenvalue weighted by molar-refractivity contribution is 0.726. The number of hydrogen-bond acceptors (Lipinski definition) is 4. The van der Waals surface area contributed by atoms with Gasteiger partial charge < -0.3 is 4.57 Å². The molecule has 0 aliphatic rings. The topological polar surface area (TPSA) is 66.0 Å². The summed E-state index contributed by atoms with van der Waals surface area (Å²) in [5.74, 6) is 1.09. The van der Waals surface area contributed by atoms with Crippen LogP contribution in [0.5, 0.6) is 0 Å². The third-order valence-electron chi connectivity index (χ3n) is 3.03. The van der Waals surface area contributed by atoms with Crippen LogP contribution in [0.3, 0.4) is 0 Å². The lowest BCUT2D eigenvalue weighted by Crippen LogP contribution is -2.12. The third kappa shape index (κ3) is 2.78. The molecule has 1 N–H and O–H groups in total. The van der Waals surface area contributed by atoms with Gasteiger partial charge in [0.2, 0.25) is 0 Å². The van der Waals surface area contributed by atoms with Gasteiger partial charge in [-0.05, 0) is 31.4 Å². The van der Waals surface area contributed by atoms with Crippen molar-refractivity contribution >= 4 is 33.7 Å². The Morgan fingerprint density at radius 3 is 2.90 bits per heavy atom. The molecule has 1 aromatic carbocycles. The Balaban J connectivity index is 2.47. The van der Waals surface area contributed by atoms with Crippen LogP contribution in [0.1, 0.15) is 19.7 Å². The van der Waals surface area contributed by atoms with Crippen LogP contribution in [0, 0.1) is 11.5 Å². The zero-order valence-electron chi connectivity index (χ0n) is 11.8. The number of aryl methyl sites for hydroxylation is 2. The van der Waals surface area contributed by atoms with Crippen LogP contribution in [0.4, 0.5) is 5.69 Å². The molecule has 0 aliphatic carbocycles. The standard InChI is InChI=1S/C14H17N5S/c1-4-13-18-11-8-10(17-14(20-3)16-9-15)6-7-12(11)19(13)5-2/h6-8H,4-5H2,1-3H3,(H,16,17). The predicted octanol–water partition coefficient (Wildman–Crippen LogP) is 3.04. The fourth-order valence-electron chi connectivity index (χ4n) is 2.15. The molecule has 1 aromatic heterocycles. The van der Waals surface area contributed by atoms with Crippen molar-refractivity contribution in [3.63, 3.8) is 0 Å². The van der Waals surface area contributed by atoms with E-state index >= 15 is 0 Å². The molecule has 2 rings (SSSR count). The van der Waals surface area contributed by atoms with Crippen molar-refractivity contribution in [1.82, 2.24) is 14.9 Å². The maximum atomic E-state index is 8.65. The molecular weight excluding hydrogens is 270 g/mol. The number of nitrogens with zero attached hydrogens (tertiary/aromatic N) is 4. The van der Waals surface area contributed by atoms with E-state index in [2.05, 4.69) is 33.7 Å². The monoisotopic (exact) mass is 287 g/mol. The molecule has 5 nitrogen and oxygen atoms in total. The van der Waals surface area contributed by atoms with Crippen LogP contribution in [0.15, 0.2) is 23.2 Å². The van der Waals surface area contributed by atoms with Crippen molar-refractivity contribution in [2.75, 3.05) is 6.26 Å². The van der Waals surface area contributed by atoms with Crippen LogP contribution >= 0.6 is 11.8 Å². The quantitative estimate of drug-likeness (QED) is 0.408. The normalized spacial score (nSPS) is 11.6. The van der Waals surface area contributed by atoms with Gasteiger partial charge in [0.1, 0.15) is 5.82 Å². The van der Waals surface area contributed by atoms with Gasteiger partial charge in [0, 0.05) is 13.0 Å². The molecule has 0 fully saturated rings. The fourth-order valence-corrected chi connectivity index (χ4v) is 2.49. The summed E-state index contributed by atoms with van der Waals surface area (Å²) in [5, 5.41) is 11.8. The summed E-state index contributed by atoms with van der Waals surface area (Å²) >= 11 is 1.40. The van der Waals surface area contributed by atoms with Gasteiger partial charge in [-0.2, -0.15) is 5.26 Å². The summed E-state index contributed by atoms with van der Waals surface area (Å²) < 4.78 is 2.21. The van der Waals surface area contributed by atoms with E-state index in [0.29, 0.717) is 5.17 Å². The smallest absolute Gasteiger partial charge is 0.183 e. The molecule has 0 spiro atoms. The minimum atomic E-state index is 0.581. The van der Waals surface area contributed by atoms with E-state index in [4.69, 9.17) is 5.26 Å². The maximum Gasteiger partial charge on any atom is 0.183 e. The SMILES string of the molecule is CCc1nc2cc(N=C(NC#N)SC)ccc2n1CC. The van der Waals surface area contributed by atoms with Gasteiger partial charge in [-0.3, -0.25) is 5.32 Å². The molecule has 1 heterocycles. The zero-order chi connectivity index (χ0) is 14.5. The number of nitrogens with one attached hydrogen (secondary N) is 1. The lowest BCUT2D eigenvalue weighted by atomic mass is 10.3. The average Bonchev–Trinajstić information content (AvgIpc) is 2.83. The highest BCUT2D eigenvalue weighted by Crippen LogP contribution is 2.23. The van der Waals surface area contributed by atoms with E-state index in [1.807, 2.05) is 30.6 Å². The second-order valence-electron chi connectivity index (χ2n) is 4.16.